The van der Waals surface area contributed by atoms with E-state index in [1.807, 2.05) is 0 Å². The second-order valence-corrected chi connectivity index (χ2v) is 8.77. The summed E-state index contributed by atoms with van der Waals surface area (Å²) in [5.74, 6) is 0. The van der Waals surface area contributed by atoms with Crippen molar-refractivity contribution >= 4 is 37.3 Å². The van der Waals surface area contributed by atoms with E-state index < -0.39 is 15.6 Å². The molecule has 1 aliphatic rings. The van der Waals surface area contributed by atoms with E-state index >= 15 is 0 Å². The molecule has 0 radical (unpaired) electrons. The van der Waals surface area contributed by atoms with Crippen LogP contribution < -0.4 is 0 Å². The van der Waals surface area contributed by atoms with Crippen LogP contribution >= 0.6 is 27.3 Å². The number of β-amino-alcohol motifs (C(OH)–C–C–N with tert-alkyl or cyclic N) is 1. The number of hydrogen-bond donors (Lipinski definition) is 1. The van der Waals surface area contributed by atoms with Crippen LogP contribution in [0.3, 0.4) is 0 Å². The highest BCUT2D eigenvalue weighted by molar-refractivity contribution is 9.11. The minimum atomic E-state index is -3.43. The van der Waals surface area contributed by atoms with Crippen LogP contribution in [0.1, 0.15) is 13.3 Å². The van der Waals surface area contributed by atoms with Crippen LogP contribution in [-0.2, 0) is 10.0 Å². The summed E-state index contributed by atoms with van der Waals surface area (Å²) >= 11 is 4.43. The van der Waals surface area contributed by atoms with E-state index in [2.05, 4.69) is 15.9 Å². The molecule has 90 valence electrons. The highest BCUT2D eigenvalue weighted by Gasteiger charge is 2.38. The number of sulfonamides is 1. The molecule has 4 nitrogen and oxygen atoms in total. The first-order valence-electron chi connectivity index (χ1n) is 4.79. The molecule has 0 bridgehead atoms. The number of rotatable bonds is 2. The molecule has 0 aliphatic carbocycles. The molecule has 0 aromatic carbocycles. The Hall–Kier alpha value is 0.0500. The first-order valence-corrected chi connectivity index (χ1v) is 7.84. The predicted molar refractivity (Wildman–Crippen MR) is 66.0 cm³/mol. The molecule has 2 heterocycles. The van der Waals surface area contributed by atoms with Crippen molar-refractivity contribution in [2.45, 2.75) is 23.2 Å². The second kappa shape index (κ2) is 4.06. The van der Waals surface area contributed by atoms with E-state index in [-0.39, 0.29) is 6.54 Å². The average Bonchev–Trinajstić information content (AvgIpc) is 2.72. The van der Waals surface area contributed by atoms with E-state index in [0.29, 0.717) is 17.2 Å². The van der Waals surface area contributed by atoms with Crippen LogP contribution in [0.5, 0.6) is 0 Å². The second-order valence-electron chi connectivity index (χ2n) is 4.14. The lowest BCUT2D eigenvalue weighted by Crippen LogP contribution is -2.33. The van der Waals surface area contributed by atoms with Gasteiger partial charge in [-0.3, -0.25) is 0 Å². The van der Waals surface area contributed by atoms with Crippen LogP contribution in [0.4, 0.5) is 0 Å². The average molecular weight is 326 g/mol. The molecule has 1 saturated heterocycles. The van der Waals surface area contributed by atoms with Gasteiger partial charge in [0.1, 0.15) is 4.21 Å². The molecule has 0 saturated carbocycles. The summed E-state index contributed by atoms with van der Waals surface area (Å²) < 4.78 is 26.7. The quantitative estimate of drug-likeness (QED) is 0.899. The molecule has 2 rings (SSSR count). The molecule has 7 heteroatoms. The van der Waals surface area contributed by atoms with Gasteiger partial charge in [0.15, 0.2) is 0 Å². The number of hydrogen-bond acceptors (Lipinski definition) is 4. The predicted octanol–water partition coefficient (Wildman–Crippen LogP) is 1.66. The minimum Gasteiger partial charge on any atom is -0.389 e. The third kappa shape index (κ3) is 2.33. The van der Waals surface area contributed by atoms with Gasteiger partial charge < -0.3 is 5.11 Å². The lowest BCUT2D eigenvalue weighted by atomic mass is 10.1. The maximum Gasteiger partial charge on any atom is 0.252 e. The molecule has 1 atom stereocenters. The lowest BCUT2D eigenvalue weighted by Gasteiger charge is -2.17. The fraction of sp³-hybridized carbons (Fsp3) is 0.556. The summed E-state index contributed by atoms with van der Waals surface area (Å²) in [6.07, 6.45) is 0.485. The number of thiophene rings is 1. The zero-order valence-electron chi connectivity index (χ0n) is 8.68. The Kier molecular flexibility index (Phi) is 3.17. The van der Waals surface area contributed by atoms with E-state index in [4.69, 9.17) is 0 Å². The number of aliphatic hydroxyl groups is 1. The minimum absolute atomic E-state index is 0.171. The summed E-state index contributed by atoms with van der Waals surface area (Å²) in [7, 11) is -3.43. The Morgan fingerprint density at radius 3 is 2.69 bits per heavy atom. The van der Waals surface area contributed by atoms with Gasteiger partial charge in [0.2, 0.25) is 0 Å². The van der Waals surface area contributed by atoms with Crippen LogP contribution in [0.25, 0.3) is 0 Å². The van der Waals surface area contributed by atoms with Gasteiger partial charge in [-0.15, -0.1) is 11.3 Å². The Labute approximate surface area is 107 Å². The monoisotopic (exact) mass is 325 g/mol. The Morgan fingerprint density at radius 1 is 1.56 bits per heavy atom. The molecule has 1 unspecified atom stereocenters. The first-order chi connectivity index (χ1) is 7.31. The zero-order valence-corrected chi connectivity index (χ0v) is 11.9. The Bertz CT molecular complexity index is 495. The molecular formula is C9H12BrNO3S2. The SMILES string of the molecule is CC1(O)CCN(S(=O)(=O)c2ccc(Br)s2)C1. The number of halogens is 1. The standard InChI is InChI=1S/C9H12BrNO3S2/c1-9(12)4-5-11(6-9)16(13,14)8-3-2-7(10)15-8/h2-3,12H,4-6H2,1H3. The van der Waals surface area contributed by atoms with Crippen molar-refractivity contribution in [1.29, 1.82) is 0 Å². The molecule has 0 amide bonds. The smallest absolute Gasteiger partial charge is 0.252 e. The van der Waals surface area contributed by atoms with E-state index in [9.17, 15) is 13.5 Å². The van der Waals surface area contributed by atoms with Crippen molar-refractivity contribution in [3.8, 4) is 0 Å². The third-order valence-corrected chi connectivity index (χ3v) is 6.50. The van der Waals surface area contributed by atoms with Crippen molar-refractivity contribution in [2.24, 2.45) is 0 Å². The number of nitrogens with zero attached hydrogens (tertiary/aromatic N) is 1. The topological polar surface area (TPSA) is 57.6 Å². The van der Waals surface area contributed by atoms with E-state index in [0.717, 1.165) is 3.79 Å². The lowest BCUT2D eigenvalue weighted by molar-refractivity contribution is 0.0762. The molecule has 1 N–H and O–H groups in total. The molecule has 1 aromatic rings. The summed E-state index contributed by atoms with van der Waals surface area (Å²) in [6.45, 7) is 2.21. The molecule has 16 heavy (non-hydrogen) atoms. The van der Waals surface area contributed by atoms with Crippen molar-refractivity contribution < 1.29 is 13.5 Å². The van der Waals surface area contributed by atoms with Gasteiger partial charge in [-0.2, -0.15) is 4.31 Å². The highest BCUT2D eigenvalue weighted by atomic mass is 79.9. The maximum absolute atomic E-state index is 12.1. The van der Waals surface area contributed by atoms with Crippen molar-refractivity contribution in [1.82, 2.24) is 4.31 Å². The van der Waals surface area contributed by atoms with Gasteiger partial charge in [0.25, 0.3) is 10.0 Å². The van der Waals surface area contributed by atoms with Gasteiger partial charge in [0.05, 0.1) is 9.39 Å². The van der Waals surface area contributed by atoms with Crippen LogP contribution in [0, 0.1) is 0 Å². The Balaban J connectivity index is 2.28. The summed E-state index contributed by atoms with van der Waals surface area (Å²) in [5.41, 5.74) is -0.901. The van der Waals surface area contributed by atoms with Gasteiger partial charge in [-0.05, 0) is 41.4 Å². The van der Waals surface area contributed by atoms with Crippen molar-refractivity contribution in [3.05, 3.63) is 15.9 Å². The van der Waals surface area contributed by atoms with Gasteiger partial charge in [0, 0.05) is 13.1 Å². The van der Waals surface area contributed by atoms with Gasteiger partial charge >= 0.3 is 0 Å². The van der Waals surface area contributed by atoms with Crippen molar-refractivity contribution in [2.75, 3.05) is 13.1 Å². The molecule has 0 spiro atoms. The first kappa shape index (κ1) is 12.5. The molecule has 1 fully saturated rings. The fourth-order valence-electron chi connectivity index (χ4n) is 1.67. The fourth-order valence-corrected chi connectivity index (χ4v) is 5.39. The largest absolute Gasteiger partial charge is 0.389 e. The van der Waals surface area contributed by atoms with E-state index in [1.54, 1.807) is 19.1 Å². The third-order valence-electron chi connectivity index (χ3n) is 2.56. The molecule has 1 aromatic heterocycles. The normalized spacial score (nSPS) is 27.4. The van der Waals surface area contributed by atoms with Gasteiger partial charge in [-0.25, -0.2) is 8.42 Å². The van der Waals surface area contributed by atoms with Crippen LogP contribution in [-0.4, -0.2) is 36.5 Å². The van der Waals surface area contributed by atoms with Gasteiger partial charge in [-0.1, -0.05) is 0 Å². The molecule has 1 aliphatic heterocycles. The summed E-state index contributed by atoms with van der Waals surface area (Å²) in [5, 5.41) is 9.77. The highest BCUT2D eigenvalue weighted by Crippen LogP contribution is 2.32. The zero-order chi connectivity index (χ0) is 12.0. The van der Waals surface area contributed by atoms with Crippen LogP contribution in [0.2, 0.25) is 0 Å². The maximum atomic E-state index is 12.1. The van der Waals surface area contributed by atoms with Crippen LogP contribution in [0.15, 0.2) is 20.1 Å². The van der Waals surface area contributed by atoms with Crippen molar-refractivity contribution in [3.63, 3.8) is 0 Å². The summed E-state index contributed by atoms with van der Waals surface area (Å²) in [6, 6.07) is 3.29. The van der Waals surface area contributed by atoms with E-state index in [1.165, 1.54) is 15.6 Å². The molecular weight excluding hydrogens is 314 g/mol. The Morgan fingerprint density at radius 2 is 2.25 bits per heavy atom. The summed E-state index contributed by atoms with van der Waals surface area (Å²) in [4.78, 5) is 0.